The largest absolute Gasteiger partial charge is 0.318 e. The van der Waals surface area contributed by atoms with Crippen LogP contribution in [0.4, 0.5) is 0 Å². The SMILES string of the molecule is NC(c1cccnc1)c1nc(-c2ccccc2)cs1. The van der Waals surface area contributed by atoms with E-state index in [1.54, 1.807) is 23.7 Å². The number of benzene rings is 1. The Labute approximate surface area is 115 Å². The zero-order valence-electron chi connectivity index (χ0n) is 10.2. The summed E-state index contributed by atoms with van der Waals surface area (Å²) in [6, 6.07) is 13.8. The molecule has 1 atom stereocenters. The molecule has 0 fully saturated rings. The van der Waals surface area contributed by atoms with Crippen molar-refractivity contribution in [3.8, 4) is 11.3 Å². The van der Waals surface area contributed by atoms with Crippen molar-refractivity contribution in [1.29, 1.82) is 0 Å². The van der Waals surface area contributed by atoms with Crippen molar-refractivity contribution in [2.24, 2.45) is 5.73 Å². The number of thiazole rings is 1. The first-order valence-electron chi connectivity index (χ1n) is 6.01. The lowest BCUT2D eigenvalue weighted by molar-refractivity contribution is 0.851. The second-order valence-corrected chi connectivity index (χ2v) is 5.09. The molecule has 1 unspecified atom stereocenters. The molecule has 0 aliphatic carbocycles. The number of nitrogens with zero attached hydrogens (tertiary/aromatic N) is 2. The maximum absolute atomic E-state index is 6.22. The van der Waals surface area contributed by atoms with Gasteiger partial charge in [-0.15, -0.1) is 11.3 Å². The number of pyridine rings is 1. The normalized spacial score (nSPS) is 12.3. The lowest BCUT2D eigenvalue weighted by atomic mass is 10.1. The van der Waals surface area contributed by atoms with Crippen LogP contribution < -0.4 is 5.73 Å². The van der Waals surface area contributed by atoms with Crippen LogP contribution in [0.15, 0.2) is 60.2 Å². The number of aromatic nitrogens is 2. The van der Waals surface area contributed by atoms with E-state index in [0.29, 0.717) is 0 Å². The number of nitrogens with two attached hydrogens (primary N) is 1. The summed E-state index contributed by atoms with van der Waals surface area (Å²) >= 11 is 1.58. The summed E-state index contributed by atoms with van der Waals surface area (Å²) in [4.78, 5) is 8.72. The van der Waals surface area contributed by atoms with E-state index in [0.717, 1.165) is 21.8 Å². The molecule has 94 valence electrons. The Bertz CT molecular complexity index is 649. The van der Waals surface area contributed by atoms with Crippen molar-refractivity contribution in [3.63, 3.8) is 0 Å². The zero-order chi connectivity index (χ0) is 13.1. The Balaban J connectivity index is 1.90. The van der Waals surface area contributed by atoms with E-state index in [9.17, 15) is 0 Å². The van der Waals surface area contributed by atoms with Crippen LogP contribution in [-0.4, -0.2) is 9.97 Å². The van der Waals surface area contributed by atoms with Crippen molar-refractivity contribution >= 4 is 11.3 Å². The van der Waals surface area contributed by atoms with Gasteiger partial charge in [-0.25, -0.2) is 4.98 Å². The molecule has 2 N–H and O–H groups in total. The molecule has 0 radical (unpaired) electrons. The first-order chi connectivity index (χ1) is 9.34. The first kappa shape index (κ1) is 12.0. The van der Waals surface area contributed by atoms with Crippen LogP contribution in [-0.2, 0) is 0 Å². The van der Waals surface area contributed by atoms with E-state index < -0.39 is 0 Å². The molecular formula is C15H13N3S. The van der Waals surface area contributed by atoms with Crippen molar-refractivity contribution in [1.82, 2.24) is 9.97 Å². The molecule has 3 rings (SSSR count). The molecule has 2 aromatic heterocycles. The highest BCUT2D eigenvalue weighted by Crippen LogP contribution is 2.27. The minimum Gasteiger partial charge on any atom is -0.318 e. The van der Waals surface area contributed by atoms with E-state index >= 15 is 0 Å². The predicted octanol–water partition coefficient (Wildman–Crippen LogP) is 3.25. The molecule has 0 spiro atoms. The van der Waals surface area contributed by atoms with Gasteiger partial charge < -0.3 is 5.73 Å². The van der Waals surface area contributed by atoms with Gasteiger partial charge in [0.05, 0.1) is 11.7 Å². The third-order valence-electron chi connectivity index (χ3n) is 2.90. The van der Waals surface area contributed by atoms with Gasteiger partial charge in [0.1, 0.15) is 5.01 Å². The van der Waals surface area contributed by atoms with Crippen molar-refractivity contribution in [2.75, 3.05) is 0 Å². The molecular weight excluding hydrogens is 254 g/mol. The Kier molecular flexibility index (Phi) is 3.35. The van der Waals surface area contributed by atoms with Crippen molar-refractivity contribution in [3.05, 3.63) is 70.8 Å². The molecule has 19 heavy (non-hydrogen) atoms. The molecule has 1 aromatic carbocycles. The van der Waals surface area contributed by atoms with E-state index in [1.165, 1.54) is 0 Å². The van der Waals surface area contributed by atoms with Gasteiger partial charge in [-0.1, -0.05) is 36.4 Å². The summed E-state index contributed by atoms with van der Waals surface area (Å²) in [6.07, 6.45) is 3.53. The molecule has 0 aliphatic rings. The van der Waals surface area contributed by atoms with E-state index in [-0.39, 0.29) is 6.04 Å². The van der Waals surface area contributed by atoms with Crippen LogP contribution in [0.1, 0.15) is 16.6 Å². The van der Waals surface area contributed by atoms with Gasteiger partial charge in [-0.05, 0) is 11.6 Å². The average Bonchev–Trinajstić information content (AvgIpc) is 2.98. The molecule has 0 bridgehead atoms. The Morgan fingerprint density at radius 2 is 1.89 bits per heavy atom. The van der Waals surface area contributed by atoms with Gasteiger partial charge in [0.2, 0.25) is 0 Å². The highest BCUT2D eigenvalue weighted by atomic mass is 32.1. The predicted molar refractivity (Wildman–Crippen MR) is 77.8 cm³/mol. The maximum Gasteiger partial charge on any atom is 0.115 e. The second-order valence-electron chi connectivity index (χ2n) is 4.20. The third kappa shape index (κ3) is 2.54. The quantitative estimate of drug-likeness (QED) is 0.792. The summed E-state index contributed by atoms with van der Waals surface area (Å²) in [6.45, 7) is 0. The van der Waals surface area contributed by atoms with Crippen LogP contribution in [0.2, 0.25) is 0 Å². The minimum absolute atomic E-state index is 0.212. The average molecular weight is 267 g/mol. The lowest BCUT2D eigenvalue weighted by Gasteiger charge is -2.07. The van der Waals surface area contributed by atoms with E-state index in [4.69, 9.17) is 5.73 Å². The van der Waals surface area contributed by atoms with Crippen LogP contribution in [0.5, 0.6) is 0 Å². The molecule has 2 heterocycles. The van der Waals surface area contributed by atoms with Gasteiger partial charge in [0.25, 0.3) is 0 Å². The minimum atomic E-state index is -0.212. The zero-order valence-corrected chi connectivity index (χ0v) is 11.0. The molecule has 0 aliphatic heterocycles. The van der Waals surface area contributed by atoms with Gasteiger partial charge in [-0.3, -0.25) is 4.98 Å². The van der Waals surface area contributed by atoms with Crippen LogP contribution in [0.3, 0.4) is 0 Å². The monoisotopic (exact) mass is 267 g/mol. The third-order valence-corrected chi connectivity index (χ3v) is 3.83. The molecule has 0 saturated carbocycles. The Hall–Kier alpha value is -2.04. The smallest absolute Gasteiger partial charge is 0.115 e. The van der Waals surface area contributed by atoms with Crippen molar-refractivity contribution < 1.29 is 0 Å². The number of rotatable bonds is 3. The highest BCUT2D eigenvalue weighted by molar-refractivity contribution is 7.10. The number of hydrogen-bond donors (Lipinski definition) is 1. The van der Waals surface area contributed by atoms with Gasteiger partial charge in [0.15, 0.2) is 0 Å². The topological polar surface area (TPSA) is 51.8 Å². The van der Waals surface area contributed by atoms with Gasteiger partial charge in [0, 0.05) is 23.3 Å². The molecule has 4 heteroatoms. The fourth-order valence-corrected chi connectivity index (χ4v) is 2.73. The Morgan fingerprint density at radius 3 is 2.63 bits per heavy atom. The van der Waals surface area contributed by atoms with Crippen LogP contribution in [0, 0.1) is 0 Å². The standard InChI is InChI=1S/C15H13N3S/c16-14(12-7-4-8-17-9-12)15-18-13(10-19-15)11-5-2-1-3-6-11/h1-10,14H,16H2. The van der Waals surface area contributed by atoms with Crippen LogP contribution in [0.25, 0.3) is 11.3 Å². The number of hydrogen-bond acceptors (Lipinski definition) is 4. The summed E-state index contributed by atoms with van der Waals surface area (Å²) < 4.78 is 0. The summed E-state index contributed by atoms with van der Waals surface area (Å²) in [7, 11) is 0. The van der Waals surface area contributed by atoms with Gasteiger partial charge in [-0.2, -0.15) is 0 Å². The summed E-state index contributed by atoms with van der Waals surface area (Å²) in [5, 5.41) is 2.95. The van der Waals surface area contributed by atoms with E-state index in [2.05, 4.69) is 22.1 Å². The maximum atomic E-state index is 6.22. The fourth-order valence-electron chi connectivity index (χ4n) is 1.87. The molecule has 3 aromatic rings. The fraction of sp³-hybridized carbons (Fsp3) is 0.0667. The summed E-state index contributed by atoms with van der Waals surface area (Å²) in [5.41, 5.74) is 9.28. The first-order valence-corrected chi connectivity index (χ1v) is 6.89. The second kappa shape index (κ2) is 5.30. The summed E-state index contributed by atoms with van der Waals surface area (Å²) in [5.74, 6) is 0. The van der Waals surface area contributed by atoms with E-state index in [1.807, 2.05) is 35.7 Å². The highest BCUT2D eigenvalue weighted by Gasteiger charge is 2.13. The van der Waals surface area contributed by atoms with Crippen LogP contribution >= 0.6 is 11.3 Å². The van der Waals surface area contributed by atoms with Gasteiger partial charge >= 0.3 is 0 Å². The molecule has 0 amide bonds. The lowest BCUT2D eigenvalue weighted by Crippen LogP contribution is -2.11. The van der Waals surface area contributed by atoms with Crippen molar-refractivity contribution in [2.45, 2.75) is 6.04 Å². The molecule has 0 saturated heterocycles. The molecule has 3 nitrogen and oxygen atoms in total. The Morgan fingerprint density at radius 1 is 1.05 bits per heavy atom.